The third-order valence-corrected chi connectivity index (χ3v) is 8.10. The lowest BCUT2D eigenvalue weighted by Crippen LogP contribution is -2.33. The molecule has 0 atom stereocenters. The van der Waals surface area contributed by atoms with Crippen LogP contribution in [0.2, 0.25) is 0 Å². The summed E-state index contributed by atoms with van der Waals surface area (Å²) in [5, 5.41) is 0. The van der Waals surface area contributed by atoms with E-state index in [-0.39, 0.29) is 37.2 Å². The lowest BCUT2D eigenvalue weighted by Gasteiger charge is -2.32. The molecule has 0 amide bonds. The number of nitrogens with zero attached hydrogens (tertiary/aromatic N) is 3. The molecule has 0 aliphatic carbocycles. The van der Waals surface area contributed by atoms with Crippen LogP contribution < -0.4 is 9.64 Å². The Morgan fingerprint density at radius 3 is 2.12 bits per heavy atom. The predicted molar refractivity (Wildman–Crippen MR) is 176 cm³/mol. The van der Waals surface area contributed by atoms with Crippen molar-refractivity contribution in [1.29, 1.82) is 0 Å². The number of ether oxygens (including phenoxy) is 1. The average Bonchev–Trinajstić information content (AvgIpc) is 3.12. The minimum absolute atomic E-state index is 0. The lowest BCUT2D eigenvalue weighted by atomic mass is 9.93. The van der Waals surface area contributed by atoms with Gasteiger partial charge in [-0.3, -0.25) is 9.80 Å². The summed E-state index contributed by atoms with van der Waals surface area (Å²) in [5.74, 6) is 1.81. The number of likely N-dealkylation sites (tertiary alicyclic amines) is 1. The predicted octanol–water partition coefficient (Wildman–Crippen LogP) is 7.65. The molecule has 0 unspecified atom stereocenters. The number of fused-ring (bicyclic) bond motifs is 1. The number of hydrogen-bond acceptors (Lipinski definition) is 4. The molecule has 0 spiro atoms. The van der Waals surface area contributed by atoms with Crippen LogP contribution in [0.5, 0.6) is 5.75 Å². The third-order valence-electron chi connectivity index (χ3n) is 8.10. The third kappa shape index (κ3) is 9.85. The molecule has 2 heterocycles. The van der Waals surface area contributed by atoms with E-state index in [1.54, 1.807) is 0 Å². The van der Waals surface area contributed by atoms with Crippen molar-refractivity contribution < 1.29 is 4.74 Å². The van der Waals surface area contributed by atoms with E-state index in [0.29, 0.717) is 0 Å². The number of halogens is 3. The standard InChI is InChI=1S/C33H43N3O.3ClH/c1-34(2)32-13-10-29(11-14-32)24-35-20-16-27(17-21-35)18-22-37-33-15-12-30-9-6-19-36(26-31(30)23-33)25-28-7-4-3-5-8-28;;;/h3-5,7-8,10-15,23,27H,6,9,16-22,24-26H2,1-2H3;3*1H. The molecule has 0 aromatic heterocycles. The summed E-state index contributed by atoms with van der Waals surface area (Å²) >= 11 is 0. The highest BCUT2D eigenvalue weighted by Crippen LogP contribution is 2.26. The van der Waals surface area contributed by atoms with Crippen molar-refractivity contribution in [1.82, 2.24) is 9.80 Å². The number of benzene rings is 3. The van der Waals surface area contributed by atoms with E-state index >= 15 is 0 Å². The molecule has 4 nitrogen and oxygen atoms in total. The lowest BCUT2D eigenvalue weighted by molar-refractivity contribution is 0.157. The fourth-order valence-corrected chi connectivity index (χ4v) is 5.81. The fourth-order valence-electron chi connectivity index (χ4n) is 5.81. The summed E-state index contributed by atoms with van der Waals surface area (Å²) in [5.41, 5.74) is 7.01. The number of hydrogen-bond donors (Lipinski definition) is 0. The van der Waals surface area contributed by atoms with Crippen molar-refractivity contribution >= 4 is 42.9 Å². The normalized spacial score (nSPS) is 15.9. The smallest absolute Gasteiger partial charge is 0.119 e. The number of rotatable bonds is 9. The monoisotopic (exact) mass is 605 g/mol. The maximum absolute atomic E-state index is 6.29. The summed E-state index contributed by atoms with van der Waals surface area (Å²) in [6.07, 6.45) is 6.09. The van der Waals surface area contributed by atoms with E-state index in [1.165, 1.54) is 66.7 Å². The first-order valence-corrected chi connectivity index (χ1v) is 14.1. The van der Waals surface area contributed by atoms with Gasteiger partial charge < -0.3 is 9.64 Å². The minimum atomic E-state index is 0. The van der Waals surface area contributed by atoms with Crippen molar-refractivity contribution in [2.24, 2.45) is 5.92 Å². The Balaban J connectivity index is 0.00000187. The fraction of sp³-hybridized carbons (Fsp3) is 0.455. The molecule has 40 heavy (non-hydrogen) atoms. The SMILES string of the molecule is CN(C)c1ccc(CN2CCC(CCOc3ccc4c(c3)CN(Cc3ccccc3)CCC4)CC2)cc1.Cl.Cl.Cl. The summed E-state index contributed by atoms with van der Waals surface area (Å²) in [4.78, 5) is 7.34. The van der Waals surface area contributed by atoms with Gasteiger partial charge in [0, 0.05) is 39.4 Å². The Hall–Kier alpha value is -1.95. The Morgan fingerprint density at radius 1 is 0.750 bits per heavy atom. The molecular formula is C33H46Cl3N3O. The summed E-state index contributed by atoms with van der Waals surface area (Å²) < 4.78 is 6.29. The van der Waals surface area contributed by atoms with Crippen LogP contribution in [-0.4, -0.2) is 50.1 Å². The first-order valence-electron chi connectivity index (χ1n) is 14.1. The van der Waals surface area contributed by atoms with Gasteiger partial charge in [-0.25, -0.2) is 0 Å². The quantitative estimate of drug-likeness (QED) is 0.249. The summed E-state index contributed by atoms with van der Waals surface area (Å²) in [6, 6.07) is 26.6. The van der Waals surface area contributed by atoms with E-state index < -0.39 is 0 Å². The average molecular weight is 607 g/mol. The van der Waals surface area contributed by atoms with Gasteiger partial charge in [0.2, 0.25) is 0 Å². The van der Waals surface area contributed by atoms with Gasteiger partial charge >= 0.3 is 0 Å². The van der Waals surface area contributed by atoms with Crippen LogP contribution in [0.1, 0.15) is 47.9 Å². The molecule has 3 aromatic carbocycles. The second-order valence-electron chi connectivity index (χ2n) is 11.1. The Labute approximate surface area is 260 Å². The Kier molecular flexibility index (Phi) is 14.7. The van der Waals surface area contributed by atoms with Gasteiger partial charge in [0.1, 0.15) is 5.75 Å². The maximum atomic E-state index is 6.29. The first-order chi connectivity index (χ1) is 18.1. The van der Waals surface area contributed by atoms with Crippen LogP contribution in [0.4, 0.5) is 5.69 Å². The van der Waals surface area contributed by atoms with Crippen molar-refractivity contribution in [3.05, 3.63) is 95.1 Å². The molecule has 1 fully saturated rings. The zero-order valence-electron chi connectivity index (χ0n) is 24.0. The Bertz CT molecular complexity index is 1120. The molecule has 7 heteroatoms. The van der Waals surface area contributed by atoms with Crippen molar-refractivity contribution in [2.45, 2.75) is 51.7 Å². The van der Waals surface area contributed by atoms with Crippen LogP contribution >= 0.6 is 37.2 Å². The number of aryl methyl sites for hydroxylation is 1. The molecule has 2 aliphatic heterocycles. The highest BCUT2D eigenvalue weighted by molar-refractivity contribution is 5.86. The van der Waals surface area contributed by atoms with E-state index in [0.717, 1.165) is 50.9 Å². The van der Waals surface area contributed by atoms with Gasteiger partial charge in [-0.15, -0.1) is 37.2 Å². The number of anilines is 1. The molecule has 0 saturated carbocycles. The van der Waals surface area contributed by atoms with Crippen molar-refractivity contribution in [3.63, 3.8) is 0 Å². The largest absolute Gasteiger partial charge is 0.494 e. The van der Waals surface area contributed by atoms with Crippen LogP contribution in [-0.2, 0) is 26.1 Å². The van der Waals surface area contributed by atoms with E-state index in [4.69, 9.17) is 4.74 Å². The van der Waals surface area contributed by atoms with Gasteiger partial charge in [-0.2, -0.15) is 0 Å². The van der Waals surface area contributed by atoms with Gasteiger partial charge in [0.15, 0.2) is 0 Å². The highest BCUT2D eigenvalue weighted by atomic mass is 35.5. The van der Waals surface area contributed by atoms with Crippen molar-refractivity contribution in [3.8, 4) is 5.75 Å². The first kappa shape index (κ1) is 34.3. The topological polar surface area (TPSA) is 19.0 Å². The minimum Gasteiger partial charge on any atom is -0.494 e. The van der Waals surface area contributed by atoms with E-state index in [1.807, 2.05) is 0 Å². The van der Waals surface area contributed by atoms with E-state index in [2.05, 4.69) is 102 Å². The second kappa shape index (κ2) is 17.1. The highest BCUT2D eigenvalue weighted by Gasteiger charge is 2.20. The van der Waals surface area contributed by atoms with E-state index in [9.17, 15) is 0 Å². The van der Waals surface area contributed by atoms with Gasteiger partial charge in [-0.05, 0) is 104 Å². The Morgan fingerprint density at radius 2 is 1.43 bits per heavy atom. The molecule has 2 aliphatic rings. The molecule has 3 aromatic rings. The van der Waals surface area contributed by atoms with Crippen LogP contribution in [0.3, 0.4) is 0 Å². The molecule has 0 radical (unpaired) electrons. The van der Waals surface area contributed by atoms with Gasteiger partial charge in [-0.1, -0.05) is 48.5 Å². The molecule has 0 N–H and O–H groups in total. The van der Waals surface area contributed by atoms with Crippen LogP contribution in [0.15, 0.2) is 72.8 Å². The van der Waals surface area contributed by atoms with Gasteiger partial charge in [0.05, 0.1) is 6.61 Å². The number of piperidine rings is 1. The molecule has 5 rings (SSSR count). The molecule has 1 saturated heterocycles. The molecular weight excluding hydrogens is 561 g/mol. The summed E-state index contributed by atoms with van der Waals surface area (Å²) in [6.45, 7) is 7.45. The zero-order chi connectivity index (χ0) is 25.5. The van der Waals surface area contributed by atoms with Crippen molar-refractivity contribution in [2.75, 3.05) is 45.2 Å². The van der Waals surface area contributed by atoms with Gasteiger partial charge in [0.25, 0.3) is 0 Å². The second-order valence-corrected chi connectivity index (χ2v) is 11.1. The molecule has 220 valence electrons. The maximum Gasteiger partial charge on any atom is 0.119 e. The van der Waals surface area contributed by atoms with Crippen LogP contribution in [0.25, 0.3) is 0 Å². The van der Waals surface area contributed by atoms with Crippen LogP contribution in [0, 0.1) is 5.92 Å². The zero-order valence-corrected chi connectivity index (χ0v) is 26.4. The molecule has 0 bridgehead atoms. The summed E-state index contributed by atoms with van der Waals surface area (Å²) in [7, 11) is 4.19.